The van der Waals surface area contributed by atoms with Crippen molar-refractivity contribution in [3.8, 4) is 5.75 Å². The van der Waals surface area contributed by atoms with Gasteiger partial charge in [0.1, 0.15) is 23.8 Å². The first kappa shape index (κ1) is 22.5. The molecule has 0 spiro atoms. The summed E-state index contributed by atoms with van der Waals surface area (Å²) in [4.78, 5) is 29.2. The second-order valence-corrected chi connectivity index (χ2v) is 10.8. The minimum atomic E-state index is -2.35. The number of aliphatic hydroxyl groups is 2. The van der Waals surface area contributed by atoms with Gasteiger partial charge in [0.2, 0.25) is 3.68 Å². The number of fused-ring (bicyclic) bond motifs is 1. The predicted molar refractivity (Wildman–Crippen MR) is 118 cm³/mol. The number of halogens is 2. The average molecular weight is 563 g/mol. The molecule has 0 bridgehead atoms. The molecular weight excluding hydrogens is 544 g/mol. The molecule has 1 fully saturated rings. The molecule has 2 aromatic rings. The van der Waals surface area contributed by atoms with Crippen molar-refractivity contribution in [3.05, 3.63) is 46.5 Å². The molecule has 2 aliphatic rings. The van der Waals surface area contributed by atoms with Gasteiger partial charge in [-0.05, 0) is 60.7 Å². The van der Waals surface area contributed by atoms with Gasteiger partial charge in [-0.15, -0.1) is 0 Å². The van der Waals surface area contributed by atoms with Gasteiger partial charge < -0.3 is 25.0 Å². The van der Waals surface area contributed by atoms with E-state index in [1.54, 1.807) is 18.2 Å². The highest BCUT2D eigenvalue weighted by atomic mass is 127. The molecule has 0 radical (unpaired) electrons. The first-order chi connectivity index (χ1) is 14.5. The molecular formula is C19H19FIN3O6S. The summed E-state index contributed by atoms with van der Waals surface area (Å²) in [6.45, 7) is 3.24. The summed E-state index contributed by atoms with van der Waals surface area (Å²) in [5, 5.41) is 21.7. The summed E-state index contributed by atoms with van der Waals surface area (Å²) in [5.74, 6) is 0.200. The lowest BCUT2D eigenvalue weighted by Crippen LogP contribution is -2.40. The van der Waals surface area contributed by atoms with Crippen molar-refractivity contribution in [2.75, 3.05) is 11.9 Å². The lowest BCUT2D eigenvalue weighted by Gasteiger charge is -2.23. The molecule has 1 aromatic heterocycles. The first-order valence-electron chi connectivity index (χ1n) is 9.26. The minimum Gasteiger partial charge on any atom is -0.476 e. The molecule has 1 aromatic carbocycles. The summed E-state index contributed by atoms with van der Waals surface area (Å²) in [7, 11) is 0. The van der Waals surface area contributed by atoms with Crippen LogP contribution in [-0.4, -0.2) is 53.1 Å². The molecule has 4 atom stereocenters. The van der Waals surface area contributed by atoms with Crippen LogP contribution in [0.1, 0.15) is 30.4 Å². The molecule has 1 saturated heterocycles. The number of carbonyl (C=O) groups excluding carboxylic acids is 1. The van der Waals surface area contributed by atoms with Gasteiger partial charge in [-0.1, -0.05) is 11.8 Å². The lowest BCUT2D eigenvalue weighted by molar-refractivity contribution is -0.0499. The Morgan fingerprint density at radius 3 is 2.81 bits per heavy atom. The van der Waals surface area contributed by atoms with Crippen molar-refractivity contribution < 1.29 is 28.9 Å². The van der Waals surface area contributed by atoms with E-state index < -0.39 is 45.2 Å². The highest BCUT2D eigenvalue weighted by Crippen LogP contribution is 2.47. The van der Waals surface area contributed by atoms with E-state index in [9.17, 15) is 24.2 Å². The Bertz CT molecular complexity index is 1090. The Kier molecular flexibility index (Phi) is 5.79. The maximum Gasteiger partial charge on any atom is 0.351 e. The van der Waals surface area contributed by atoms with Crippen molar-refractivity contribution in [2.24, 2.45) is 0 Å². The fourth-order valence-electron chi connectivity index (χ4n) is 3.33. The number of amides is 1. The van der Waals surface area contributed by atoms with E-state index in [2.05, 4.69) is 10.3 Å². The Labute approximate surface area is 194 Å². The summed E-state index contributed by atoms with van der Waals surface area (Å²) in [6, 6.07) is 6.33. The molecule has 2 aliphatic heterocycles. The maximum atomic E-state index is 14.9. The number of nitrogens with zero attached hydrogens (tertiary/aromatic N) is 2. The number of benzene rings is 1. The SMILES string of the molecule is CC1(C)Oc2ccc(C(=O)Nc3ccn(C4O[C@H](CO)[C@@H](O)C4(F)I)c(=O)n3)cc2S1. The number of hydrogen-bond acceptors (Lipinski definition) is 8. The van der Waals surface area contributed by atoms with Crippen LogP contribution in [0, 0.1) is 0 Å². The molecule has 31 heavy (non-hydrogen) atoms. The average Bonchev–Trinajstić information content (AvgIpc) is 3.13. The number of thioether (sulfide) groups is 1. The quantitative estimate of drug-likeness (QED) is 0.382. The number of anilines is 1. The van der Waals surface area contributed by atoms with Crippen molar-refractivity contribution in [1.82, 2.24) is 9.55 Å². The standard InChI is InChI=1S/C19H19FIN3O6S/c1-18(2)30-10-4-3-9(7-12(10)31-18)15(27)22-13-5-6-24(17(28)23-13)16-19(20,21)14(26)11(8-25)29-16/h3-7,11,14,16,25-26H,8H2,1-2H3,(H,22,23,27,28)/t11-,14-,16?,19?/m1/s1. The summed E-state index contributed by atoms with van der Waals surface area (Å²) < 4.78 is 24.5. The summed E-state index contributed by atoms with van der Waals surface area (Å²) in [6.07, 6.45) is -3.07. The zero-order valence-electron chi connectivity index (χ0n) is 16.4. The van der Waals surface area contributed by atoms with E-state index in [4.69, 9.17) is 9.47 Å². The largest absolute Gasteiger partial charge is 0.476 e. The Hall–Kier alpha value is -1.74. The number of alkyl halides is 2. The van der Waals surface area contributed by atoms with E-state index in [0.717, 1.165) is 9.46 Å². The van der Waals surface area contributed by atoms with E-state index in [1.807, 2.05) is 13.8 Å². The van der Waals surface area contributed by atoms with Crippen molar-refractivity contribution in [2.45, 2.75) is 45.8 Å². The molecule has 3 heterocycles. The second-order valence-electron chi connectivity index (χ2n) is 7.55. The fraction of sp³-hybridized carbons (Fsp3) is 0.421. The van der Waals surface area contributed by atoms with Crippen LogP contribution in [-0.2, 0) is 4.74 Å². The Morgan fingerprint density at radius 2 is 2.16 bits per heavy atom. The molecule has 166 valence electrons. The molecule has 0 aliphatic carbocycles. The number of carbonyl (C=O) groups is 1. The third-order valence-corrected chi connectivity index (χ3v) is 7.09. The van der Waals surface area contributed by atoms with Gasteiger partial charge in [0, 0.05) is 11.8 Å². The van der Waals surface area contributed by atoms with Gasteiger partial charge in [-0.3, -0.25) is 9.36 Å². The van der Waals surface area contributed by atoms with Crippen LogP contribution in [0.15, 0.2) is 40.2 Å². The smallest absolute Gasteiger partial charge is 0.351 e. The van der Waals surface area contributed by atoms with E-state index in [0.29, 0.717) is 11.3 Å². The van der Waals surface area contributed by atoms with Crippen LogP contribution in [0.4, 0.5) is 10.2 Å². The third-order valence-electron chi connectivity index (χ3n) is 4.80. The number of rotatable bonds is 4. The van der Waals surface area contributed by atoms with Crippen LogP contribution in [0.25, 0.3) is 0 Å². The van der Waals surface area contributed by atoms with E-state index in [-0.39, 0.29) is 5.82 Å². The summed E-state index contributed by atoms with van der Waals surface area (Å²) in [5.41, 5.74) is -0.520. The fourth-order valence-corrected chi connectivity index (χ4v) is 5.24. The molecule has 0 saturated carbocycles. The predicted octanol–water partition coefficient (Wildman–Crippen LogP) is 2.07. The number of hydrogen-bond donors (Lipinski definition) is 3. The highest BCUT2D eigenvalue weighted by molar-refractivity contribution is 14.1. The van der Waals surface area contributed by atoms with E-state index in [1.165, 1.54) is 46.6 Å². The zero-order valence-corrected chi connectivity index (χ0v) is 19.4. The first-order valence-corrected chi connectivity index (χ1v) is 11.2. The molecule has 2 unspecified atom stereocenters. The van der Waals surface area contributed by atoms with Crippen molar-refractivity contribution >= 4 is 46.1 Å². The topological polar surface area (TPSA) is 123 Å². The van der Waals surface area contributed by atoms with Crippen molar-refractivity contribution in [1.29, 1.82) is 0 Å². The van der Waals surface area contributed by atoms with Crippen LogP contribution < -0.4 is 15.7 Å². The lowest BCUT2D eigenvalue weighted by atomic mass is 10.1. The van der Waals surface area contributed by atoms with Gasteiger partial charge in [-0.2, -0.15) is 4.98 Å². The van der Waals surface area contributed by atoms with Gasteiger partial charge in [0.15, 0.2) is 11.2 Å². The number of aromatic nitrogens is 2. The van der Waals surface area contributed by atoms with Crippen LogP contribution in [0.3, 0.4) is 0 Å². The van der Waals surface area contributed by atoms with Gasteiger partial charge >= 0.3 is 5.69 Å². The Balaban J connectivity index is 1.52. The van der Waals surface area contributed by atoms with Crippen LogP contribution in [0.5, 0.6) is 5.75 Å². The number of nitrogens with one attached hydrogen (secondary N) is 1. The van der Waals surface area contributed by atoms with Gasteiger partial charge in [-0.25, -0.2) is 9.18 Å². The minimum absolute atomic E-state index is 0.0221. The maximum absolute atomic E-state index is 14.9. The number of ether oxygens (including phenoxy) is 2. The van der Waals surface area contributed by atoms with E-state index >= 15 is 0 Å². The number of aliphatic hydroxyl groups excluding tert-OH is 2. The molecule has 12 heteroatoms. The molecule has 9 nitrogen and oxygen atoms in total. The highest BCUT2D eigenvalue weighted by Gasteiger charge is 2.56. The van der Waals surface area contributed by atoms with Gasteiger partial charge in [0.25, 0.3) is 5.91 Å². The zero-order chi connectivity index (χ0) is 22.6. The normalized spacial score (nSPS) is 28.8. The summed E-state index contributed by atoms with van der Waals surface area (Å²) >= 11 is 2.84. The Morgan fingerprint density at radius 1 is 1.42 bits per heavy atom. The molecule has 1 amide bonds. The molecule has 3 N–H and O–H groups in total. The van der Waals surface area contributed by atoms with Gasteiger partial charge in [0.05, 0.1) is 11.5 Å². The van der Waals surface area contributed by atoms with Crippen LogP contribution >= 0.6 is 34.4 Å². The molecule has 4 rings (SSSR count). The van der Waals surface area contributed by atoms with Crippen molar-refractivity contribution in [3.63, 3.8) is 0 Å². The second kappa shape index (κ2) is 7.99. The monoisotopic (exact) mass is 563 g/mol. The third kappa shape index (κ3) is 4.18. The van der Waals surface area contributed by atoms with Crippen LogP contribution in [0.2, 0.25) is 0 Å².